The molecule has 2 aliphatic rings. The maximum absolute atomic E-state index is 11.9. The molecular formula is C11H18N2O4. The summed E-state index contributed by atoms with van der Waals surface area (Å²) in [6, 6.07) is -0.959. The molecule has 0 aromatic rings. The number of carbonyl (C=O) groups is 2. The number of amides is 2. The molecule has 2 fully saturated rings. The minimum Gasteiger partial charge on any atom is -0.480 e. The third-order valence-corrected chi connectivity index (χ3v) is 3.23. The van der Waals surface area contributed by atoms with Gasteiger partial charge in [0.15, 0.2) is 0 Å². The number of carboxylic acid groups (broad SMARTS) is 1. The molecular weight excluding hydrogens is 224 g/mol. The summed E-state index contributed by atoms with van der Waals surface area (Å²) in [7, 11) is 0. The molecule has 0 spiro atoms. The lowest BCUT2D eigenvalue weighted by molar-refractivity contribution is -0.139. The number of rotatable bonds is 6. The Balaban J connectivity index is 1.90. The topological polar surface area (TPSA) is 89.9 Å². The second-order valence-electron chi connectivity index (χ2n) is 4.75. The fraction of sp³-hybridized carbons (Fsp3) is 0.818. The molecule has 2 aliphatic carbocycles. The van der Waals surface area contributed by atoms with Gasteiger partial charge in [0.1, 0.15) is 6.04 Å². The summed E-state index contributed by atoms with van der Waals surface area (Å²) >= 11 is 0. The summed E-state index contributed by atoms with van der Waals surface area (Å²) in [5.74, 6) is -0.896. The molecule has 0 aliphatic heterocycles. The first kappa shape index (κ1) is 12.2. The first-order valence-electron chi connectivity index (χ1n) is 6.04. The number of hydrogen-bond acceptors (Lipinski definition) is 3. The summed E-state index contributed by atoms with van der Waals surface area (Å²) in [4.78, 5) is 24.4. The van der Waals surface area contributed by atoms with Gasteiger partial charge in [0.05, 0.1) is 6.61 Å². The predicted octanol–water partition coefficient (Wildman–Crippen LogP) is 0.0159. The van der Waals surface area contributed by atoms with E-state index in [1.807, 2.05) is 0 Å². The Hall–Kier alpha value is -1.30. The van der Waals surface area contributed by atoms with E-state index in [9.17, 15) is 9.59 Å². The van der Waals surface area contributed by atoms with E-state index < -0.39 is 12.0 Å². The normalized spacial score (nSPS) is 20.8. The fourth-order valence-electron chi connectivity index (χ4n) is 1.97. The van der Waals surface area contributed by atoms with Gasteiger partial charge in [-0.05, 0) is 31.6 Å². The van der Waals surface area contributed by atoms with E-state index >= 15 is 0 Å². The number of hydrogen-bond donors (Lipinski definition) is 3. The highest BCUT2D eigenvalue weighted by Gasteiger charge is 2.40. The number of urea groups is 1. The van der Waals surface area contributed by atoms with Gasteiger partial charge >= 0.3 is 12.0 Å². The monoisotopic (exact) mass is 242 g/mol. The fourth-order valence-corrected chi connectivity index (χ4v) is 1.97. The van der Waals surface area contributed by atoms with Crippen LogP contribution in [0, 0.1) is 5.92 Å². The Morgan fingerprint density at radius 2 is 1.94 bits per heavy atom. The zero-order valence-corrected chi connectivity index (χ0v) is 9.63. The molecule has 2 rings (SSSR count). The maximum Gasteiger partial charge on any atom is 0.326 e. The number of aliphatic carboxylic acids is 1. The van der Waals surface area contributed by atoms with Crippen LogP contribution in [0.3, 0.4) is 0 Å². The number of aliphatic hydroxyl groups excluding tert-OH is 1. The Labute approximate surface area is 99.6 Å². The third-order valence-electron chi connectivity index (χ3n) is 3.23. The van der Waals surface area contributed by atoms with Crippen molar-refractivity contribution >= 4 is 12.0 Å². The molecule has 0 aromatic heterocycles. The molecule has 3 N–H and O–H groups in total. The Morgan fingerprint density at radius 3 is 2.35 bits per heavy atom. The Kier molecular flexibility index (Phi) is 3.51. The van der Waals surface area contributed by atoms with Gasteiger partial charge < -0.3 is 20.4 Å². The number of aliphatic hydroxyl groups is 1. The van der Waals surface area contributed by atoms with Crippen molar-refractivity contribution in [2.75, 3.05) is 13.2 Å². The first-order chi connectivity index (χ1) is 8.13. The van der Waals surface area contributed by atoms with Crippen molar-refractivity contribution in [3.05, 3.63) is 0 Å². The van der Waals surface area contributed by atoms with Crippen LogP contribution in [0.2, 0.25) is 0 Å². The van der Waals surface area contributed by atoms with E-state index in [4.69, 9.17) is 10.2 Å². The summed E-state index contributed by atoms with van der Waals surface area (Å²) in [5.41, 5.74) is 0. The summed E-state index contributed by atoms with van der Waals surface area (Å²) < 4.78 is 0. The molecule has 6 heteroatoms. The van der Waals surface area contributed by atoms with Crippen molar-refractivity contribution in [1.82, 2.24) is 10.2 Å². The van der Waals surface area contributed by atoms with Crippen molar-refractivity contribution < 1.29 is 19.8 Å². The van der Waals surface area contributed by atoms with E-state index in [2.05, 4.69) is 5.32 Å². The van der Waals surface area contributed by atoms with Crippen LogP contribution in [0.25, 0.3) is 0 Å². The van der Waals surface area contributed by atoms with Crippen molar-refractivity contribution in [2.45, 2.75) is 37.8 Å². The van der Waals surface area contributed by atoms with Gasteiger partial charge in [-0.2, -0.15) is 0 Å². The quantitative estimate of drug-likeness (QED) is 0.612. The predicted molar refractivity (Wildman–Crippen MR) is 59.5 cm³/mol. The zero-order valence-electron chi connectivity index (χ0n) is 9.63. The van der Waals surface area contributed by atoms with Gasteiger partial charge in [-0.3, -0.25) is 0 Å². The van der Waals surface area contributed by atoms with E-state index in [1.165, 1.54) is 0 Å². The van der Waals surface area contributed by atoms with Crippen molar-refractivity contribution in [3.8, 4) is 0 Å². The lowest BCUT2D eigenvalue weighted by Gasteiger charge is -2.24. The second kappa shape index (κ2) is 4.91. The molecule has 0 heterocycles. The first-order valence-corrected chi connectivity index (χ1v) is 6.04. The van der Waals surface area contributed by atoms with Crippen LogP contribution in [-0.2, 0) is 4.79 Å². The molecule has 96 valence electrons. The molecule has 2 amide bonds. The molecule has 1 atom stereocenters. The Bertz CT molecular complexity index is 313. The van der Waals surface area contributed by atoms with Crippen LogP contribution in [0.5, 0.6) is 0 Å². The average Bonchev–Trinajstić information content (AvgIpc) is 3.14. The molecule has 0 aromatic carbocycles. The highest BCUT2D eigenvalue weighted by molar-refractivity contribution is 5.83. The van der Waals surface area contributed by atoms with Crippen molar-refractivity contribution in [1.29, 1.82) is 0 Å². The van der Waals surface area contributed by atoms with Crippen molar-refractivity contribution in [3.63, 3.8) is 0 Å². The van der Waals surface area contributed by atoms with Crippen LogP contribution in [-0.4, -0.2) is 52.3 Å². The standard InChI is InChI=1S/C11H18N2O4/c14-6-5-13(8-3-4-8)11(17)12-9(10(15)16)7-1-2-7/h7-9,14H,1-6H2,(H,12,17)(H,15,16). The lowest BCUT2D eigenvalue weighted by atomic mass is 10.2. The second-order valence-corrected chi connectivity index (χ2v) is 4.75. The molecule has 0 bridgehead atoms. The highest BCUT2D eigenvalue weighted by Crippen LogP contribution is 2.33. The van der Waals surface area contributed by atoms with E-state index in [0.29, 0.717) is 0 Å². The third kappa shape index (κ3) is 3.09. The summed E-state index contributed by atoms with van der Waals surface area (Å²) in [6.45, 7) is 0.179. The van der Waals surface area contributed by atoms with Crippen LogP contribution in [0.1, 0.15) is 25.7 Å². The molecule has 2 saturated carbocycles. The summed E-state index contributed by atoms with van der Waals surface area (Å²) in [5, 5.41) is 20.5. The molecule has 1 unspecified atom stereocenters. The van der Waals surface area contributed by atoms with E-state index in [1.54, 1.807) is 4.90 Å². The van der Waals surface area contributed by atoms with Crippen LogP contribution in [0.4, 0.5) is 4.79 Å². The van der Waals surface area contributed by atoms with Crippen LogP contribution < -0.4 is 5.32 Å². The van der Waals surface area contributed by atoms with Gasteiger partial charge in [-0.15, -0.1) is 0 Å². The minimum absolute atomic E-state index is 0.0756. The van der Waals surface area contributed by atoms with Gasteiger partial charge in [-0.25, -0.2) is 9.59 Å². The maximum atomic E-state index is 11.9. The average molecular weight is 242 g/mol. The Morgan fingerprint density at radius 1 is 1.29 bits per heavy atom. The van der Waals surface area contributed by atoms with E-state index in [0.717, 1.165) is 25.7 Å². The molecule has 6 nitrogen and oxygen atoms in total. The molecule has 17 heavy (non-hydrogen) atoms. The van der Waals surface area contributed by atoms with E-state index in [-0.39, 0.29) is 31.1 Å². The van der Waals surface area contributed by atoms with Gasteiger partial charge in [0.25, 0.3) is 0 Å². The smallest absolute Gasteiger partial charge is 0.326 e. The number of carboxylic acids is 1. The number of carbonyl (C=O) groups excluding carboxylic acids is 1. The highest BCUT2D eigenvalue weighted by atomic mass is 16.4. The summed E-state index contributed by atoms with van der Waals surface area (Å²) in [6.07, 6.45) is 3.60. The van der Waals surface area contributed by atoms with Crippen molar-refractivity contribution in [2.24, 2.45) is 5.92 Å². The van der Waals surface area contributed by atoms with Crippen LogP contribution >= 0.6 is 0 Å². The minimum atomic E-state index is -0.972. The van der Waals surface area contributed by atoms with Gasteiger partial charge in [0.2, 0.25) is 0 Å². The largest absolute Gasteiger partial charge is 0.480 e. The SMILES string of the molecule is O=C(O)C(NC(=O)N(CCO)C1CC1)C1CC1. The van der Waals surface area contributed by atoms with Gasteiger partial charge in [0, 0.05) is 12.6 Å². The lowest BCUT2D eigenvalue weighted by Crippen LogP contribution is -2.50. The van der Waals surface area contributed by atoms with Gasteiger partial charge in [-0.1, -0.05) is 0 Å². The van der Waals surface area contributed by atoms with Crippen LogP contribution in [0.15, 0.2) is 0 Å². The molecule has 0 radical (unpaired) electrons. The zero-order chi connectivity index (χ0) is 12.4. The molecule has 0 saturated heterocycles. The number of nitrogens with zero attached hydrogens (tertiary/aromatic N) is 1. The number of nitrogens with one attached hydrogen (secondary N) is 1.